The van der Waals surface area contributed by atoms with Gasteiger partial charge in [0.1, 0.15) is 5.75 Å². The van der Waals surface area contributed by atoms with Crippen molar-refractivity contribution in [2.24, 2.45) is 7.05 Å². The first-order valence-corrected chi connectivity index (χ1v) is 11.1. The first-order chi connectivity index (χ1) is 14.7. The van der Waals surface area contributed by atoms with Crippen LogP contribution in [0.2, 0.25) is 0 Å². The van der Waals surface area contributed by atoms with E-state index in [1.54, 1.807) is 18.4 Å². The molecule has 0 radical (unpaired) electrons. The monoisotopic (exact) mass is 416 g/mol. The van der Waals surface area contributed by atoms with Gasteiger partial charge < -0.3 is 14.2 Å². The molecule has 0 bridgehead atoms. The molecule has 1 atom stereocenters. The van der Waals surface area contributed by atoms with Gasteiger partial charge in [-0.1, -0.05) is 30.3 Å². The molecular weight excluding hydrogens is 392 g/mol. The molecule has 0 aliphatic carbocycles. The Morgan fingerprint density at radius 3 is 2.73 bits per heavy atom. The van der Waals surface area contributed by atoms with Crippen molar-refractivity contribution in [1.29, 1.82) is 0 Å². The molecule has 1 unspecified atom stereocenters. The van der Waals surface area contributed by atoms with Crippen molar-refractivity contribution in [1.82, 2.24) is 9.47 Å². The summed E-state index contributed by atoms with van der Waals surface area (Å²) in [6.07, 6.45) is 3.68. The van der Waals surface area contributed by atoms with Gasteiger partial charge >= 0.3 is 0 Å². The number of thiophene rings is 1. The number of amides is 1. The van der Waals surface area contributed by atoms with Gasteiger partial charge in [-0.05, 0) is 53.6 Å². The minimum Gasteiger partial charge on any atom is -0.497 e. The number of para-hydroxylation sites is 1. The van der Waals surface area contributed by atoms with Gasteiger partial charge in [-0.25, -0.2) is 0 Å². The molecule has 1 amide bonds. The molecule has 1 aliphatic rings. The van der Waals surface area contributed by atoms with Crippen molar-refractivity contribution in [3.63, 3.8) is 0 Å². The number of aryl methyl sites for hydroxylation is 1. The Kier molecular flexibility index (Phi) is 4.83. The third-order valence-corrected chi connectivity index (χ3v) is 7.12. The predicted octanol–water partition coefficient (Wildman–Crippen LogP) is 5.23. The lowest BCUT2D eigenvalue weighted by molar-refractivity contribution is 0.0666. The second-order valence-electron chi connectivity index (χ2n) is 7.80. The molecule has 4 nitrogen and oxygen atoms in total. The summed E-state index contributed by atoms with van der Waals surface area (Å²) in [6.45, 7) is 0.743. The molecule has 5 heteroatoms. The SMILES string of the molecule is COc1ccc(CC2c3sccc3CCN2C(=O)c2cn(C)c3ccccc23)cc1. The Labute approximate surface area is 180 Å². The second kappa shape index (κ2) is 7.65. The summed E-state index contributed by atoms with van der Waals surface area (Å²) in [6, 6.07) is 18.6. The molecule has 0 saturated carbocycles. The first-order valence-electron chi connectivity index (χ1n) is 10.2. The van der Waals surface area contributed by atoms with Crippen LogP contribution in [-0.4, -0.2) is 29.0 Å². The quantitative estimate of drug-likeness (QED) is 0.456. The molecular formula is C25H24N2O2S. The topological polar surface area (TPSA) is 34.5 Å². The van der Waals surface area contributed by atoms with E-state index in [9.17, 15) is 4.79 Å². The average Bonchev–Trinajstić information content (AvgIpc) is 3.39. The molecule has 2 aromatic carbocycles. The average molecular weight is 417 g/mol. The molecule has 0 fully saturated rings. The summed E-state index contributed by atoms with van der Waals surface area (Å²) >= 11 is 1.76. The van der Waals surface area contributed by atoms with E-state index in [-0.39, 0.29) is 11.9 Å². The molecule has 3 heterocycles. The number of fused-ring (bicyclic) bond motifs is 2. The van der Waals surface area contributed by atoms with Gasteiger partial charge in [0, 0.05) is 35.6 Å². The van der Waals surface area contributed by atoms with Crippen molar-refractivity contribution in [3.05, 3.63) is 87.7 Å². The van der Waals surface area contributed by atoms with Crippen LogP contribution in [0.1, 0.15) is 32.4 Å². The maximum atomic E-state index is 13.8. The van der Waals surface area contributed by atoms with E-state index in [0.717, 1.165) is 41.6 Å². The largest absolute Gasteiger partial charge is 0.497 e. The smallest absolute Gasteiger partial charge is 0.256 e. The number of aromatic nitrogens is 1. The molecule has 152 valence electrons. The minimum absolute atomic E-state index is 0.0496. The Morgan fingerprint density at radius 1 is 1.13 bits per heavy atom. The zero-order chi connectivity index (χ0) is 20.7. The summed E-state index contributed by atoms with van der Waals surface area (Å²) in [5.41, 5.74) is 4.45. The fraction of sp³-hybridized carbons (Fsp3) is 0.240. The van der Waals surface area contributed by atoms with Crippen LogP contribution < -0.4 is 4.74 Å². The van der Waals surface area contributed by atoms with E-state index >= 15 is 0 Å². The van der Waals surface area contributed by atoms with Gasteiger partial charge in [-0.15, -0.1) is 11.3 Å². The maximum absolute atomic E-state index is 13.8. The van der Waals surface area contributed by atoms with Crippen molar-refractivity contribution in [3.8, 4) is 5.75 Å². The number of carbonyl (C=O) groups is 1. The molecule has 1 aliphatic heterocycles. The van der Waals surface area contributed by atoms with E-state index in [0.29, 0.717) is 0 Å². The highest BCUT2D eigenvalue weighted by molar-refractivity contribution is 7.10. The van der Waals surface area contributed by atoms with Gasteiger partial charge in [-0.2, -0.15) is 0 Å². The van der Waals surface area contributed by atoms with Crippen molar-refractivity contribution < 1.29 is 9.53 Å². The van der Waals surface area contributed by atoms with Crippen LogP contribution in [0.25, 0.3) is 10.9 Å². The van der Waals surface area contributed by atoms with Gasteiger partial charge in [0.05, 0.1) is 18.7 Å². The molecule has 0 N–H and O–H groups in total. The number of rotatable bonds is 4. The number of benzene rings is 2. The van der Waals surface area contributed by atoms with Crippen molar-refractivity contribution in [2.75, 3.05) is 13.7 Å². The van der Waals surface area contributed by atoms with Crippen LogP contribution >= 0.6 is 11.3 Å². The van der Waals surface area contributed by atoms with Crippen LogP contribution in [0.5, 0.6) is 5.75 Å². The number of hydrogen-bond acceptors (Lipinski definition) is 3. The van der Waals surface area contributed by atoms with E-state index in [1.807, 2.05) is 48.1 Å². The number of hydrogen-bond donors (Lipinski definition) is 0. The van der Waals surface area contributed by atoms with Crippen LogP contribution in [0, 0.1) is 0 Å². The zero-order valence-corrected chi connectivity index (χ0v) is 18.0. The van der Waals surface area contributed by atoms with E-state index in [1.165, 1.54) is 16.0 Å². The Bertz CT molecular complexity index is 1210. The third-order valence-electron chi connectivity index (χ3n) is 6.06. The van der Waals surface area contributed by atoms with E-state index in [2.05, 4.69) is 34.5 Å². The van der Waals surface area contributed by atoms with Crippen LogP contribution in [0.3, 0.4) is 0 Å². The third kappa shape index (κ3) is 3.19. The molecule has 4 aromatic rings. The summed E-state index contributed by atoms with van der Waals surface area (Å²) in [7, 11) is 3.68. The van der Waals surface area contributed by atoms with Gasteiger partial charge in [0.15, 0.2) is 0 Å². The maximum Gasteiger partial charge on any atom is 0.256 e. The molecule has 5 rings (SSSR count). The summed E-state index contributed by atoms with van der Waals surface area (Å²) in [5, 5.41) is 3.17. The van der Waals surface area contributed by atoms with Gasteiger partial charge in [0.2, 0.25) is 0 Å². The summed E-state index contributed by atoms with van der Waals surface area (Å²) in [5.74, 6) is 0.965. The van der Waals surface area contributed by atoms with Gasteiger partial charge in [0.25, 0.3) is 5.91 Å². The summed E-state index contributed by atoms with van der Waals surface area (Å²) < 4.78 is 7.34. The zero-order valence-electron chi connectivity index (χ0n) is 17.2. The Morgan fingerprint density at radius 2 is 1.93 bits per heavy atom. The number of carbonyl (C=O) groups excluding carboxylic acids is 1. The molecule has 30 heavy (non-hydrogen) atoms. The molecule has 0 spiro atoms. The number of nitrogens with zero attached hydrogens (tertiary/aromatic N) is 2. The second-order valence-corrected chi connectivity index (χ2v) is 8.75. The predicted molar refractivity (Wildman–Crippen MR) is 121 cm³/mol. The Balaban J connectivity index is 1.52. The van der Waals surface area contributed by atoms with Crippen molar-refractivity contribution in [2.45, 2.75) is 18.9 Å². The van der Waals surface area contributed by atoms with Gasteiger partial charge in [-0.3, -0.25) is 4.79 Å². The Hall–Kier alpha value is -3.05. The first kappa shape index (κ1) is 18.9. The fourth-order valence-corrected chi connectivity index (χ4v) is 5.55. The van der Waals surface area contributed by atoms with Crippen molar-refractivity contribution >= 4 is 28.1 Å². The lowest BCUT2D eigenvalue weighted by Crippen LogP contribution is -2.40. The normalized spacial score (nSPS) is 15.9. The fourth-order valence-electron chi connectivity index (χ4n) is 4.48. The molecule has 0 saturated heterocycles. The minimum atomic E-state index is 0.0496. The highest BCUT2D eigenvalue weighted by atomic mass is 32.1. The van der Waals surface area contributed by atoms with E-state index < -0.39 is 0 Å². The highest BCUT2D eigenvalue weighted by Gasteiger charge is 2.33. The lowest BCUT2D eigenvalue weighted by Gasteiger charge is -2.36. The summed E-state index contributed by atoms with van der Waals surface area (Å²) in [4.78, 5) is 17.1. The van der Waals surface area contributed by atoms with Crippen LogP contribution in [-0.2, 0) is 19.9 Å². The molecule has 2 aromatic heterocycles. The van der Waals surface area contributed by atoms with E-state index in [4.69, 9.17) is 4.74 Å². The van der Waals surface area contributed by atoms with Crippen LogP contribution in [0.15, 0.2) is 66.2 Å². The standard InChI is InChI=1S/C25H24N2O2S/c1-26-16-21(20-5-3-4-6-22(20)26)25(28)27-13-11-18-12-14-30-24(18)23(27)15-17-7-9-19(29-2)10-8-17/h3-10,12,14,16,23H,11,13,15H2,1-2H3. The van der Waals surface area contributed by atoms with Crippen LogP contribution in [0.4, 0.5) is 0 Å². The highest BCUT2D eigenvalue weighted by Crippen LogP contribution is 2.38. The number of methoxy groups -OCH3 is 1. The number of ether oxygens (including phenoxy) is 1. The lowest BCUT2D eigenvalue weighted by atomic mass is 9.95.